The van der Waals surface area contributed by atoms with Gasteiger partial charge in [-0.05, 0) is 42.7 Å². The van der Waals surface area contributed by atoms with E-state index in [0.29, 0.717) is 11.3 Å². The Bertz CT molecular complexity index is 932. The SMILES string of the molecule is Cc1cc(O)ccc1-c1cc(O)c(SCCc2ccccc2)c(=O)o1. The quantitative estimate of drug-likeness (QED) is 0.666. The molecule has 0 saturated heterocycles. The van der Waals surface area contributed by atoms with Crippen LogP contribution in [0.4, 0.5) is 0 Å². The van der Waals surface area contributed by atoms with E-state index >= 15 is 0 Å². The zero-order chi connectivity index (χ0) is 17.8. The minimum absolute atomic E-state index is 0.0863. The van der Waals surface area contributed by atoms with Gasteiger partial charge in [0, 0.05) is 17.4 Å². The summed E-state index contributed by atoms with van der Waals surface area (Å²) in [4.78, 5) is 12.5. The standard InChI is InChI=1S/C20H18O4S/c1-13-11-15(21)7-8-16(13)18-12-17(22)19(20(23)24-18)25-10-9-14-5-3-2-4-6-14/h2-8,11-12,21-22H,9-10H2,1H3. The second-order valence-electron chi connectivity index (χ2n) is 5.70. The Labute approximate surface area is 149 Å². The predicted octanol–water partition coefficient (Wildman–Crippen LogP) is 4.36. The maximum absolute atomic E-state index is 12.3. The molecule has 3 rings (SSSR count). The van der Waals surface area contributed by atoms with Crippen LogP contribution in [0.25, 0.3) is 11.3 Å². The van der Waals surface area contributed by atoms with Crippen molar-refractivity contribution in [2.45, 2.75) is 18.2 Å². The maximum Gasteiger partial charge on any atom is 0.353 e. The van der Waals surface area contributed by atoms with Crippen molar-refractivity contribution in [2.75, 3.05) is 5.75 Å². The summed E-state index contributed by atoms with van der Waals surface area (Å²) >= 11 is 1.28. The lowest BCUT2D eigenvalue weighted by atomic mass is 10.1. The molecule has 0 aliphatic carbocycles. The van der Waals surface area contributed by atoms with Crippen molar-refractivity contribution < 1.29 is 14.6 Å². The van der Waals surface area contributed by atoms with Gasteiger partial charge in [0.15, 0.2) is 0 Å². The molecular formula is C20H18O4S. The van der Waals surface area contributed by atoms with Crippen LogP contribution in [0.15, 0.2) is 68.7 Å². The average molecular weight is 354 g/mol. The van der Waals surface area contributed by atoms with Gasteiger partial charge in [0.1, 0.15) is 22.2 Å². The maximum atomic E-state index is 12.3. The van der Waals surface area contributed by atoms with Crippen LogP contribution in [0.2, 0.25) is 0 Å². The fourth-order valence-electron chi connectivity index (χ4n) is 2.58. The van der Waals surface area contributed by atoms with E-state index in [4.69, 9.17) is 4.42 Å². The summed E-state index contributed by atoms with van der Waals surface area (Å²) in [6, 6.07) is 16.2. The van der Waals surface area contributed by atoms with Crippen LogP contribution in [0, 0.1) is 6.92 Å². The minimum Gasteiger partial charge on any atom is -0.508 e. The van der Waals surface area contributed by atoms with Gasteiger partial charge in [0.25, 0.3) is 0 Å². The number of hydrogen-bond acceptors (Lipinski definition) is 5. The first-order chi connectivity index (χ1) is 12.0. The largest absolute Gasteiger partial charge is 0.508 e. The van der Waals surface area contributed by atoms with Crippen molar-refractivity contribution in [3.63, 3.8) is 0 Å². The fourth-order valence-corrected chi connectivity index (χ4v) is 3.48. The van der Waals surface area contributed by atoms with E-state index in [9.17, 15) is 15.0 Å². The Kier molecular flexibility index (Phi) is 5.14. The zero-order valence-electron chi connectivity index (χ0n) is 13.7. The van der Waals surface area contributed by atoms with Gasteiger partial charge in [0.2, 0.25) is 0 Å². The lowest BCUT2D eigenvalue weighted by molar-refractivity contribution is 0.430. The monoisotopic (exact) mass is 354 g/mol. The molecule has 0 radical (unpaired) electrons. The second kappa shape index (κ2) is 7.49. The van der Waals surface area contributed by atoms with Crippen LogP contribution >= 0.6 is 11.8 Å². The van der Waals surface area contributed by atoms with E-state index < -0.39 is 5.63 Å². The molecule has 0 atom stereocenters. The summed E-state index contributed by atoms with van der Waals surface area (Å²) in [5.41, 5.74) is 2.04. The van der Waals surface area contributed by atoms with Crippen molar-refractivity contribution >= 4 is 11.8 Å². The van der Waals surface area contributed by atoms with Crippen molar-refractivity contribution in [3.05, 3.63) is 76.1 Å². The third-order valence-corrected chi connectivity index (χ3v) is 4.92. The van der Waals surface area contributed by atoms with Gasteiger partial charge in [-0.25, -0.2) is 4.79 Å². The summed E-state index contributed by atoms with van der Waals surface area (Å²) in [6.45, 7) is 1.80. The van der Waals surface area contributed by atoms with Crippen LogP contribution in [-0.4, -0.2) is 16.0 Å². The number of aromatic hydroxyl groups is 2. The highest BCUT2D eigenvalue weighted by Crippen LogP contribution is 2.32. The van der Waals surface area contributed by atoms with Crippen molar-refractivity contribution in [1.29, 1.82) is 0 Å². The average Bonchev–Trinajstić information content (AvgIpc) is 2.58. The molecule has 128 valence electrons. The molecule has 0 amide bonds. The first-order valence-corrected chi connectivity index (χ1v) is 8.87. The minimum atomic E-state index is -0.555. The third kappa shape index (κ3) is 4.06. The first-order valence-electron chi connectivity index (χ1n) is 7.88. The summed E-state index contributed by atoms with van der Waals surface area (Å²) < 4.78 is 5.38. The van der Waals surface area contributed by atoms with E-state index in [-0.39, 0.29) is 22.2 Å². The van der Waals surface area contributed by atoms with E-state index in [1.807, 2.05) is 30.3 Å². The van der Waals surface area contributed by atoms with Crippen LogP contribution in [0.1, 0.15) is 11.1 Å². The molecular weight excluding hydrogens is 336 g/mol. The lowest BCUT2D eigenvalue weighted by Crippen LogP contribution is -2.04. The van der Waals surface area contributed by atoms with E-state index in [2.05, 4.69) is 0 Å². The van der Waals surface area contributed by atoms with Gasteiger partial charge in [-0.3, -0.25) is 0 Å². The molecule has 0 aliphatic heterocycles. The zero-order valence-corrected chi connectivity index (χ0v) is 14.5. The van der Waals surface area contributed by atoms with Gasteiger partial charge in [-0.15, -0.1) is 11.8 Å². The summed E-state index contributed by atoms with van der Waals surface area (Å²) in [5, 5.41) is 19.7. The highest BCUT2D eigenvalue weighted by molar-refractivity contribution is 7.99. The molecule has 5 heteroatoms. The Morgan fingerprint density at radius 2 is 1.80 bits per heavy atom. The molecule has 2 aromatic carbocycles. The molecule has 3 aromatic rings. The van der Waals surface area contributed by atoms with Gasteiger partial charge in [-0.1, -0.05) is 30.3 Å². The van der Waals surface area contributed by atoms with Crippen LogP contribution < -0.4 is 5.63 Å². The molecule has 25 heavy (non-hydrogen) atoms. The summed E-state index contributed by atoms with van der Waals surface area (Å²) in [5.74, 6) is 1.00. The summed E-state index contributed by atoms with van der Waals surface area (Å²) in [7, 11) is 0. The lowest BCUT2D eigenvalue weighted by Gasteiger charge is -2.08. The number of rotatable bonds is 5. The molecule has 0 aliphatic rings. The van der Waals surface area contributed by atoms with Gasteiger partial charge < -0.3 is 14.6 Å². The third-order valence-electron chi connectivity index (χ3n) is 3.84. The van der Waals surface area contributed by atoms with Crippen LogP contribution in [0.5, 0.6) is 11.5 Å². The molecule has 1 heterocycles. The van der Waals surface area contributed by atoms with Crippen molar-refractivity contribution in [3.8, 4) is 22.8 Å². The normalized spacial score (nSPS) is 10.8. The number of phenolic OH excluding ortho intramolecular Hbond substituents is 1. The molecule has 0 spiro atoms. The first kappa shape index (κ1) is 17.2. The number of thioether (sulfide) groups is 1. The number of aryl methyl sites for hydroxylation is 2. The Morgan fingerprint density at radius 3 is 2.48 bits per heavy atom. The Morgan fingerprint density at radius 1 is 1.04 bits per heavy atom. The topological polar surface area (TPSA) is 70.7 Å². The molecule has 4 nitrogen and oxygen atoms in total. The second-order valence-corrected chi connectivity index (χ2v) is 6.80. The Balaban J connectivity index is 1.79. The van der Waals surface area contributed by atoms with Gasteiger partial charge >= 0.3 is 5.63 Å². The fraction of sp³-hybridized carbons (Fsp3) is 0.150. The van der Waals surface area contributed by atoms with Crippen LogP contribution in [0.3, 0.4) is 0 Å². The van der Waals surface area contributed by atoms with Crippen molar-refractivity contribution in [1.82, 2.24) is 0 Å². The Hall–Kier alpha value is -2.66. The van der Waals surface area contributed by atoms with E-state index in [1.54, 1.807) is 19.1 Å². The number of benzene rings is 2. The number of hydrogen-bond donors (Lipinski definition) is 2. The van der Waals surface area contributed by atoms with Crippen molar-refractivity contribution in [2.24, 2.45) is 0 Å². The predicted molar refractivity (Wildman–Crippen MR) is 99.4 cm³/mol. The highest BCUT2D eigenvalue weighted by Gasteiger charge is 2.14. The van der Waals surface area contributed by atoms with E-state index in [0.717, 1.165) is 12.0 Å². The molecule has 0 bridgehead atoms. The van der Waals surface area contributed by atoms with E-state index in [1.165, 1.54) is 29.5 Å². The number of phenols is 1. The smallest absolute Gasteiger partial charge is 0.353 e. The molecule has 1 aromatic heterocycles. The van der Waals surface area contributed by atoms with Crippen LogP contribution in [-0.2, 0) is 6.42 Å². The summed E-state index contributed by atoms with van der Waals surface area (Å²) in [6.07, 6.45) is 0.795. The molecule has 2 N–H and O–H groups in total. The van der Waals surface area contributed by atoms with Gasteiger partial charge in [-0.2, -0.15) is 0 Å². The highest BCUT2D eigenvalue weighted by atomic mass is 32.2. The molecule has 0 saturated carbocycles. The molecule has 0 unspecified atom stereocenters. The molecule has 0 fully saturated rings. The van der Waals surface area contributed by atoms with Gasteiger partial charge in [0.05, 0.1) is 0 Å².